The van der Waals surface area contributed by atoms with Gasteiger partial charge in [-0.2, -0.15) is 0 Å². The van der Waals surface area contributed by atoms with Gasteiger partial charge in [0.15, 0.2) is 0 Å². The number of aromatic nitrogens is 3. The first kappa shape index (κ1) is 9.70. The Hall–Kier alpha value is -1.39. The Bertz CT molecular complexity index is 319. The van der Waals surface area contributed by atoms with Gasteiger partial charge in [0.25, 0.3) is 0 Å². The van der Waals surface area contributed by atoms with Crippen LogP contribution in [0, 0.1) is 19.8 Å². The zero-order chi connectivity index (χ0) is 10.0. The second-order valence-electron chi connectivity index (χ2n) is 3.18. The number of hydrogen-bond donors (Lipinski definition) is 1. The molecule has 1 unspecified atom stereocenters. The van der Waals surface area contributed by atoms with E-state index in [4.69, 9.17) is 5.11 Å². The summed E-state index contributed by atoms with van der Waals surface area (Å²) in [4.78, 5) is 10.6. The molecular weight excluding hydrogens is 170 g/mol. The lowest BCUT2D eigenvalue weighted by Crippen LogP contribution is -2.18. The molecule has 0 fully saturated rings. The highest BCUT2D eigenvalue weighted by atomic mass is 16.4. The van der Waals surface area contributed by atoms with Crippen LogP contribution in [0.5, 0.6) is 0 Å². The smallest absolute Gasteiger partial charge is 0.308 e. The van der Waals surface area contributed by atoms with Crippen LogP contribution in [-0.4, -0.2) is 26.1 Å². The Kier molecular flexibility index (Phi) is 2.65. The van der Waals surface area contributed by atoms with Crippen molar-refractivity contribution in [3.8, 4) is 0 Å². The maximum Gasteiger partial charge on any atom is 0.308 e. The zero-order valence-corrected chi connectivity index (χ0v) is 7.98. The van der Waals surface area contributed by atoms with Crippen LogP contribution in [0.3, 0.4) is 0 Å². The van der Waals surface area contributed by atoms with Gasteiger partial charge in [-0.25, -0.2) is 4.68 Å². The summed E-state index contributed by atoms with van der Waals surface area (Å²) in [6, 6.07) is 0. The van der Waals surface area contributed by atoms with Crippen LogP contribution in [0.4, 0.5) is 0 Å². The molecule has 0 aliphatic rings. The minimum atomic E-state index is -0.812. The Morgan fingerprint density at radius 1 is 1.62 bits per heavy atom. The average Bonchev–Trinajstić information content (AvgIpc) is 2.36. The second kappa shape index (κ2) is 3.55. The largest absolute Gasteiger partial charge is 0.481 e. The monoisotopic (exact) mass is 183 g/mol. The zero-order valence-electron chi connectivity index (χ0n) is 7.98. The van der Waals surface area contributed by atoms with Gasteiger partial charge in [-0.15, -0.1) is 5.10 Å². The van der Waals surface area contributed by atoms with Gasteiger partial charge in [-0.3, -0.25) is 4.79 Å². The fourth-order valence-corrected chi connectivity index (χ4v) is 0.958. The molecule has 0 saturated heterocycles. The van der Waals surface area contributed by atoms with Crippen LogP contribution in [0.1, 0.15) is 18.3 Å². The molecule has 5 nitrogen and oxygen atoms in total. The van der Waals surface area contributed by atoms with Crippen LogP contribution in [-0.2, 0) is 11.3 Å². The van der Waals surface area contributed by atoms with E-state index >= 15 is 0 Å². The van der Waals surface area contributed by atoms with E-state index in [1.54, 1.807) is 11.6 Å². The number of hydrogen-bond acceptors (Lipinski definition) is 3. The second-order valence-corrected chi connectivity index (χ2v) is 3.18. The average molecular weight is 183 g/mol. The van der Waals surface area contributed by atoms with Crippen molar-refractivity contribution in [1.82, 2.24) is 15.0 Å². The normalized spacial score (nSPS) is 12.8. The summed E-state index contributed by atoms with van der Waals surface area (Å²) in [5.41, 5.74) is 1.77. The molecule has 72 valence electrons. The molecule has 0 amide bonds. The fraction of sp³-hybridized carbons (Fsp3) is 0.625. The third kappa shape index (κ3) is 2.05. The third-order valence-corrected chi connectivity index (χ3v) is 2.08. The van der Waals surface area contributed by atoms with Gasteiger partial charge >= 0.3 is 5.97 Å². The lowest BCUT2D eigenvalue weighted by molar-refractivity contribution is -0.141. The Morgan fingerprint density at radius 2 is 2.23 bits per heavy atom. The molecule has 0 saturated carbocycles. The maximum atomic E-state index is 10.6. The van der Waals surface area contributed by atoms with E-state index in [-0.39, 0.29) is 0 Å². The van der Waals surface area contributed by atoms with Gasteiger partial charge in [0, 0.05) is 0 Å². The first-order valence-electron chi connectivity index (χ1n) is 4.12. The summed E-state index contributed by atoms with van der Waals surface area (Å²) in [5.74, 6) is -1.24. The molecule has 5 heteroatoms. The number of aliphatic carboxylic acids is 1. The first-order chi connectivity index (χ1) is 6.02. The van der Waals surface area contributed by atoms with Gasteiger partial charge in [0.05, 0.1) is 23.9 Å². The van der Waals surface area contributed by atoms with E-state index in [2.05, 4.69) is 10.3 Å². The van der Waals surface area contributed by atoms with Gasteiger partial charge in [-0.05, 0) is 13.8 Å². The number of carbonyl (C=O) groups is 1. The summed E-state index contributed by atoms with van der Waals surface area (Å²) < 4.78 is 1.62. The van der Waals surface area contributed by atoms with Crippen molar-refractivity contribution in [1.29, 1.82) is 0 Å². The molecule has 13 heavy (non-hydrogen) atoms. The molecule has 1 heterocycles. The maximum absolute atomic E-state index is 10.6. The van der Waals surface area contributed by atoms with Gasteiger partial charge in [-0.1, -0.05) is 12.1 Å². The topological polar surface area (TPSA) is 68.0 Å². The number of aryl methyl sites for hydroxylation is 1. The van der Waals surface area contributed by atoms with Crippen molar-refractivity contribution in [3.63, 3.8) is 0 Å². The van der Waals surface area contributed by atoms with E-state index in [0.29, 0.717) is 6.54 Å². The molecule has 0 spiro atoms. The molecule has 0 aliphatic heterocycles. The molecular formula is C8H13N3O2. The van der Waals surface area contributed by atoms with E-state index in [1.165, 1.54) is 0 Å². The van der Waals surface area contributed by atoms with Gasteiger partial charge < -0.3 is 5.11 Å². The number of rotatable bonds is 3. The molecule has 0 bridgehead atoms. The highest BCUT2D eigenvalue weighted by Gasteiger charge is 2.14. The van der Waals surface area contributed by atoms with Gasteiger partial charge in [0.1, 0.15) is 0 Å². The van der Waals surface area contributed by atoms with E-state index < -0.39 is 11.9 Å². The number of carboxylic acid groups (broad SMARTS) is 1. The predicted molar refractivity (Wildman–Crippen MR) is 46.3 cm³/mol. The molecule has 0 radical (unpaired) electrons. The Morgan fingerprint density at radius 3 is 2.62 bits per heavy atom. The molecule has 0 aromatic carbocycles. The summed E-state index contributed by atoms with van der Waals surface area (Å²) in [5, 5.41) is 16.4. The summed E-state index contributed by atoms with van der Waals surface area (Å²) in [6.07, 6.45) is 0. The summed E-state index contributed by atoms with van der Waals surface area (Å²) >= 11 is 0. The quantitative estimate of drug-likeness (QED) is 0.745. The number of nitrogens with zero attached hydrogens (tertiary/aromatic N) is 3. The molecule has 1 aromatic rings. The molecule has 1 N–H and O–H groups in total. The molecule has 1 rings (SSSR count). The summed E-state index contributed by atoms with van der Waals surface area (Å²) in [7, 11) is 0. The highest BCUT2D eigenvalue weighted by molar-refractivity contribution is 5.69. The van der Waals surface area contributed by atoms with E-state index in [9.17, 15) is 4.79 Å². The lowest BCUT2D eigenvalue weighted by atomic mass is 10.2. The minimum absolute atomic E-state index is 0.377. The van der Waals surface area contributed by atoms with Crippen LogP contribution in [0.15, 0.2) is 0 Å². The van der Waals surface area contributed by atoms with Gasteiger partial charge in [0.2, 0.25) is 0 Å². The van der Waals surface area contributed by atoms with Crippen LogP contribution in [0.25, 0.3) is 0 Å². The Labute approximate surface area is 76.4 Å². The molecule has 1 atom stereocenters. The Balaban J connectivity index is 2.74. The third-order valence-electron chi connectivity index (χ3n) is 2.08. The summed E-state index contributed by atoms with van der Waals surface area (Å²) in [6.45, 7) is 5.76. The van der Waals surface area contributed by atoms with E-state index in [1.807, 2.05) is 13.8 Å². The van der Waals surface area contributed by atoms with Crippen molar-refractivity contribution in [2.24, 2.45) is 5.92 Å². The lowest BCUT2D eigenvalue weighted by Gasteiger charge is -2.06. The van der Waals surface area contributed by atoms with Crippen molar-refractivity contribution >= 4 is 5.97 Å². The number of carboxylic acids is 1. The standard InChI is InChI=1S/C8H13N3O2/c1-5(8(12)13)4-11-7(3)6(2)9-10-11/h5H,4H2,1-3H3,(H,12,13). The first-order valence-corrected chi connectivity index (χ1v) is 4.12. The van der Waals surface area contributed by atoms with Crippen molar-refractivity contribution in [2.75, 3.05) is 0 Å². The predicted octanol–water partition coefficient (Wildman–Crippen LogP) is 0.616. The van der Waals surface area contributed by atoms with Crippen molar-refractivity contribution in [3.05, 3.63) is 11.4 Å². The molecule has 0 aliphatic carbocycles. The highest BCUT2D eigenvalue weighted by Crippen LogP contribution is 2.05. The van der Waals surface area contributed by atoms with E-state index in [0.717, 1.165) is 11.4 Å². The van der Waals surface area contributed by atoms with Crippen molar-refractivity contribution < 1.29 is 9.90 Å². The minimum Gasteiger partial charge on any atom is -0.481 e. The van der Waals surface area contributed by atoms with Crippen molar-refractivity contribution in [2.45, 2.75) is 27.3 Å². The molecule has 1 aromatic heterocycles. The van der Waals surface area contributed by atoms with Crippen LogP contribution < -0.4 is 0 Å². The SMILES string of the molecule is Cc1nnn(CC(C)C(=O)O)c1C. The van der Waals surface area contributed by atoms with Crippen LogP contribution >= 0.6 is 0 Å². The fourth-order valence-electron chi connectivity index (χ4n) is 0.958. The van der Waals surface area contributed by atoms with Crippen LogP contribution in [0.2, 0.25) is 0 Å².